The van der Waals surface area contributed by atoms with Gasteiger partial charge in [-0.15, -0.1) is 0 Å². The minimum Gasteiger partial charge on any atom is -0.458 e. The van der Waals surface area contributed by atoms with E-state index in [0.29, 0.717) is 22.8 Å². The maximum Gasteiger partial charge on any atom is 0.338 e. The number of hydrogen-bond donors (Lipinski definition) is 1. The highest BCUT2D eigenvalue weighted by Gasteiger charge is 2.61. The molecule has 4 saturated carbocycles. The van der Waals surface area contributed by atoms with Gasteiger partial charge in [0.05, 0.1) is 11.7 Å². The molecule has 158 valence electrons. The minimum absolute atomic E-state index is 0.0554. The molecule has 3 nitrogen and oxygen atoms in total. The summed E-state index contributed by atoms with van der Waals surface area (Å²) in [6.07, 6.45) is 10.4. The first-order valence-corrected chi connectivity index (χ1v) is 11.9. The second-order valence-corrected chi connectivity index (χ2v) is 11.0. The van der Waals surface area contributed by atoms with Crippen LogP contribution in [0.3, 0.4) is 0 Å². The van der Waals surface area contributed by atoms with E-state index in [4.69, 9.17) is 4.74 Å². The maximum absolute atomic E-state index is 12.7. The standard InChI is InChI=1S/C26H36O3/c1-25-14-12-19(27)16-18(25)8-9-20-21-10-11-23(26(21,2)15-13-22(20)25)29-24(28)17-6-4-3-5-7-17/h3-7,18-23,27H,8-16H2,1-2H3/t18-,19-,20+,21+,22+,23-,25-,26+/m0/s1. The lowest BCUT2D eigenvalue weighted by Gasteiger charge is -2.60. The molecule has 0 heterocycles. The van der Waals surface area contributed by atoms with Gasteiger partial charge < -0.3 is 9.84 Å². The van der Waals surface area contributed by atoms with Crippen LogP contribution in [0, 0.1) is 34.5 Å². The Bertz CT molecular complexity index is 760. The summed E-state index contributed by atoms with van der Waals surface area (Å²) in [7, 11) is 0. The van der Waals surface area contributed by atoms with Crippen LogP contribution in [0.25, 0.3) is 0 Å². The van der Waals surface area contributed by atoms with Crippen LogP contribution in [0.1, 0.15) is 82.0 Å². The minimum atomic E-state index is -0.156. The number of carbonyl (C=O) groups is 1. The van der Waals surface area contributed by atoms with Gasteiger partial charge in [-0.1, -0.05) is 32.0 Å². The Morgan fingerprint density at radius 1 is 0.931 bits per heavy atom. The zero-order valence-corrected chi connectivity index (χ0v) is 18.0. The van der Waals surface area contributed by atoms with Crippen molar-refractivity contribution < 1.29 is 14.6 Å². The number of aliphatic hydroxyl groups excluding tert-OH is 1. The second kappa shape index (κ2) is 7.11. The predicted octanol–water partition coefficient (Wildman–Crippen LogP) is 5.62. The molecule has 0 aromatic heterocycles. The van der Waals surface area contributed by atoms with Gasteiger partial charge in [-0.05, 0) is 99.0 Å². The van der Waals surface area contributed by atoms with Crippen molar-refractivity contribution in [2.75, 3.05) is 0 Å². The Hall–Kier alpha value is -1.35. The van der Waals surface area contributed by atoms with Crippen LogP contribution in [0.5, 0.6) is 0 Å². The van der Waals surface area contributed by atoms with Crippen molar-refractivity contribution in [1.82, 2.24) is 0 Å². The summed E-state index contributed by atoms with van der Waals surface area (Å²) in [5.41, 5.74) is 1.20. The lowest BCUT2D eigenvalue weighted by Crippen LogP contribution is -2.54. The molecule has 0 radical (unpaired) electrons. The number of aliphatic hydroxyl groups is 1. The van der Waals surface area contributed by atoms with Crippen molar-refractivity contribution in [2.24, 2.45) is 34.5 Å². The largest absolute Gasteiger partial charge is 0.458 e. The zero-order valence-electron chi connectivity index (χ0n) is 18.0. The van der Waals surface area contributed by atoms with Crippen LogP contribution in [0.15, 0.2) is 30.3 Å². The van der Waals surface area contributed by atoms with Crippen LogP contribution in [-0.2, 0) is 4.74 Å². The molecule has 1 N–H and O–H groups in total. The molecule has 0 spiro atoms. The van der Waals surface area contributed by atoms with E-state index in [2.05, 4.69) is 13.8 Å². The molecule has 4 aliphatic carbocycles. The number of benzene rings is 1. The zero-order chi connectivity index (χ0) is 20.2. The Labute approximate surface area is 175 Å². The van der Waals surface area contributed by atoms with Crippen molar-refractivity contribution in [3.05, 3.63) is 35.9 Å². The third-order valence-corrected chi connectivity index (χ3v) is 9.81. The van der Waals surface area contributed by atoms with E-state index in [-0.39, 0.29) is 23.6 Å². The molecule has 0 saturated heterocycles. The number of carbonyl (C=O) groups excluding carboxylic acids is 1. The summed E-state index contributed by atoms with van der Waals surface area (Å²) < 4.78 is 6.12. The van der Waals surface area contributed by atoms with Crippen molar-refractivity contribution in [2.45, 2.75) is 83.8 Å². The average molecular weight is 397 g/mol. The Balaban J connectivity index is 1.34. The lowest BCUT2D eigenvalue weighted by atomic mass is 9.45. The van der Waals surface area contributed by atoms with Gasteiger partial charge in [-0.2, -0.15) is 0 Å². The van der Waals surface area contributed by atoms with Crippen LogP contribution < -0.4 is 0 Å². The number of fused-ring (bicyclic) bond motifs is 5. The predicted molar refractivity (Wildman–Crippen MR) is 113 cm³/mol. The van der Waals surface area contributed by atoms with Gasteiger partial charge in [0.15, 0.2) is 0 Å². The number of ether oxygens (including phenoxy) is 1. The van der Waals surface area contributed by atoms with E-state index in [1.54, 1.807) is 0 Å². The number of hydrogen-bond acceptors (Lipinski definition) is 3. The molecule has 5 rings (SSSR count). The first kappa shape index (κ1) is 19.6. The van der Waals surface area contributed by atoms with E-state index >= 15 is 0 Å². The van der Waals surface area contributed by atoms with Gasteiger partial charge in [-0.25, -0.2) is 4.79 Å². The molecule has 8 atom stereocenters. The van der Waals surface area contributed by atoms with Gasteiger partial charge in [0.1, 0.15) is 6.10 Å². The quantitative estimate of drug-likeness (QED) is 0.660. The molecular formula is C26H36O3. The van der Waals surface area contributed by atoms with Crippen molar-refractivity contribution in [1.29, 1.82) is 0 Å². The van der Waals surface area contributed by atoms with Gasteiger partial charge in [0.2, 0.25) is 0 Å². The third kappa shape index (κ3) is 3.07. The van der Waals surface area contributed by atoms with Gasteiger partial charge >= 0.3 is 5.97 Å². The van der Waals surface area contributed by atoms with Crippen molar-refractivity contribution in [3.63, 3.8) is 0 Å². The Morgan fingerprint density at radius 2 is 1.66 bits per heavy atom. The molecule has 3 heteroatoms. The summed E-state index contributed by atoms with van der Waals surface area (Å²) in [5, 5.41) is 10.2. The summed E-state index contributed by atoms with van der Waals surface area (Å²) in [6, 6.07) is 9.45. The fourth-order valence-electron chi connectivity index (χ4n) is 8.15. The summed E-state index contributed by atoms with van der Waals surface area (Å²) in [4.78, 5) is 12.7. The van der Waals surface area contributed by atoms with Crippen LogP contribution in [0.2, 0.25) is 0 Å². The first-order valence-electron chi connectivity index (χ1n) is 11.9. The SMILES string of the molecule is C[C@]12CC[C@H](O)C[C@@H]1CC[C@H]1[C@H]2CC[C@@]2(C)[C@@H](OC(=O)c3ccccc3)CC[C@H]12. The van der Waals surface area contributed by atoms with Crippen LogP contribution in [-0.4, -0.2) is 23.3 Å². The van der Waals surface area contributed by atoms with Gasteiger partial charge in [0.25, 0.3) is 0 Å². The maximum atomic E-state index is 12.7. The molecule has 4 aliphatic rings. The average Bonchev–Trinajstić information content (AvgIpc) is 3.05. The number of rotatable bonds is 2. The molecule has 1 aromatic rings. The molecule has 0 amide bonds. The molecule has 0 unspecified atom stereocenters. The topological polar surface area (TPSA) is 46.5 Å². The van der Waals surface area contributed by atoms with E-state index in [9.17, 15) is 9.90 Å². The van der Waals surface area contributed by atoms with E-state index < -0.39 is 0 Å². The second-order valence-electron chi connectivity index (χ2n) is 11.0. The lowest BCUT2D eigenvalue weighted by molar-refractivity contribution is -0.134. The third-order valence-electron chi connectivity index (χ3n) is 9.81. The molecule has 29 heavy (non-hydrogen) atoms. The highest BCUT2D eigenvalue weighted by molar-refractivity contribution is 5.89. The summed E-state index contributed by atoms with van der Waals surface area (Å²) in [5.74, 6) is 2.78. The highest BCUT2D eigenvalue weighted by atomic mass is 16.5. The molecular weight excluding hydrogens is 360 g/mol. The van der Waals surface area contributed by atoms with E-state index in [0.717, 1.165) is 31.1 Å². The molecule has 0 aliphatic heterocycles. The van der Waals surface area contributed by atoms with Crippen LogP contribution in [0.4, 0.5) is 0 Å². The fraction of sp³-hybridized carbons (Fsp3) is 0.731. The monoisotopic (exact) mass is 396 g/mol. The number of esters is 1. The van der Waals surface area contributed by atoms with Crippen molar-refractivity contribution >= 4 is 5.97 Å². The smallest absolute Gasteiger partial charge is 0.338 e. The highest BCUT2D eigenvalue weighted by Crippen LogP contribution is 2.66. The first-order chi connectivity index (χ1) is 13.9. The normalized spacial score (nSPS) is 46.3. The fourth-order valence-corrected chi connectivity index (χ4v) is 8.15. The van der Waals surface area contributed by atoms with Crippen LogP contribution >= 0.6 is 0 Å². The van der Waals surface area contributed by atoms with Gasteiger partial charge in [0, 0.05) is 5.41 Å². The van der Waals surface area contributed by atoms with Gasteiger partial charge in [-0.3, -0.25) is 0 Å². The van der Waals surface area contributed by atoms with E-state index in [1.807, 2.05) is 30.3 Å². The van der Waals surface area contributed by atoms with Crippen molar-refractivity contribution in [3.8, 4) is 0 Å². The molecule has 4 fully saturated rings. The Morgan fingerprint density at radius 3 is 2.45 bits per heavy atom. The molecule has 0 bridgehead atoms. The van der Waals surface area contributed by atoms with E-state index in [1.165, 1.54) is 38.5 Å². The summed E-state index contributed by atoms with van der Waals surface area (Å²) >= 11 is 0. The summed E-state index contributed by atoms with van der Waals surface area (Å²) in [6.45, 7) is 4.94. The molecule has 1 aromatic carbocycles. The Kier molecular flexibility index (Phi) is 4.81.